The van der Waals surface area contributed by atoms with Crippen molar-refractivity contribution >= 4 is 11.9 Å². The molecule has 0 radical (unpaired) electrons. The van der Waals surface area contributed by atoms with Gasteiger partial charge < -0.3 is 20.3 Å². The quantitative estimate of drug-likeness (QED) is 0.0321. The fourth-order valence-electron chi connectivity index (χ4n) is 8.90. The van der Waals surface area contributed by atoms with Crippen LogP contribution in [0.4, 0.5) is 0 Å². The molecule has 0 aromatic rings. The van der Waals surface area contributed by atoms with Gasteiger partial charge in [0.05, 0.1) is 25.4 Å². The highest BCUT2D eigenvalue weighted by atomic mass is 16.5. The van der Waals surface area contributed by atoms with E-state index < -0.39 is 12.1 Å². The van der Waals surface area contributed by atoms with Crippen molar-refractivity contribution in [3.8, 4) is 0 Å². The second-order valence-corrected chi connectivity index (χ2v) is 20.0. The third-order valence-corrected chi connectivity index (χ3v) is 13.4. The number of ether oxygens (including phenoxy) is 1. The molecular weight excluding hydrogens is 815 g/mol. The first-order chi connectivity index (χ1) is 32.5. The molecule has 0 aliphatic heterocycles. The third-order valence-electron chi connectivity index (χ3n) is 13.4. The van der Waals surface area contributed by atoms with Gasteiger partial charge >= 0.3 is 5.97 Å². The van der Waals surface area contributed by atoms with Crippen molar-refractivity contribution in [1.29, 1.82) is 0 Å². The van der Waals surface area contributed by atoms with Crippen LogP contribution in [0.15, 0.2) is 36.5 Å². The number of aliphatic hydroxyl groups excluding tert-OH is 2. The second-order valence-electron chi connectivity index (χ2n) is 20.0. The van der Waals surface area contributed by atoms with Gasteiger partial charge in [-0.2, -0.15) is 0 Å². The standard InChI is InChI=1S/C60H113NO5/c1-3-5-7-9-11-13-15-16-27-31-34-38-42-46-50-54-60(65)66-55-51-47-43-39-35-32-29-26-24-22-20-18-17-19-21-23-25-28-30-33-37-41-45-49-53-59(64)61-57(56-62)58(63)52-48-44-40-36-14-12-10-8-6-4-2/h11,13,16,27,48,52,57-58,62-63H,3-10,12,14-15,17-26,28-47,49-51,53-56H2,1-2H3,(H,61,64)/b13-11-,27-16-,52-48+. The van der Waals surface area contributed by atoms with Crippen molar-refractivity contribution in [3.63, 3.8) is 0 Å². The zero-order chi connectivity index (χ0) is 47.9. The Morgan fingerprint density at radius 2 is 0.758 bits per heavy atom. The van der Waals surface area contributed by atoms with Crippen LogP contribution in [-0.4, -0.2) is 47.4 Å². The molecular formula is C60H113NO5. The van der Waals surface area contributed by atoms with Crippen LogP contribution in [0.2, 0.25) is 0 Å². The maximum atomic E-state index is 12.4. The highest BCUT2D eigenvalue weighted by Gasteiger charge is 2.18. The molecule has 0 saturated heterocycles. The minimum Gasteiger partial charge on any atom is -0.466 e. The maximum absolute atomic E-state index is 12.4. The normalized spacial score (nSPS) is 12.8. The molecule has 66 heavy (non-hydrogen) atoms. The lowest BCUT2D eigenvalue weighted by molar-refractivity contribution is -0.143. The first-order valence-electron chi connectivity index (χ1n) is 29.3. The molecule has 0 aliphatic rings. The van der Waals surface area contributed by atoms with Crippen molar-refractivity contribution < 1.29 is 24.5 Å². The van der Waals surface area contributed by atoms with E-state index in [4.69, 9.17) is 4.74 Å². The molecule has 0 bridgehead atoms. The van der Waals surface area contributed by atoms with Crippen LogP contribution in [0.1, 0.15) is 309 Å². The molecule has 6 nitrogen and oxygen atoms in total. The van der Waals surface area contributed by atoms with Gasteiger partial charge in [-0.3, -0.25) is 9.59 Å². The molecule has 0 rings (SSSR count). The number of allylic oxidation sites excluding steroid dienone is 5. The average Bonchev–Trinajstić information content (AvgIpc) is 3.32. The fourth-order valence-corrected chi connectivity index (χ4v) is 8.90. The summed E-state index contributed by atoms with van der Waals surface area (Å²) in [6, 6.07) is -0.625. The minimum atomic E-state index is -0.842. The number of rotatable bonds is 54. The van der Waals surface area contributed by atoms with Gasteiger partial charge in [-0.15, -0.1) is 0 Å². The van der Waals surface area contributed by atoms with E-state index in [1.165, 1.54) is 231 Å². The van der Waals surface area contributed by atoms with Crippen molar-refractivity contribution in [2.24, 2.45) is 0 Å². The molecule has 2 atom stereocenters. The lowest BCUT2D eigenvalue weighted by Gasteiger charge is -2.20. The summed E-state index contributed by atoms with van der Waals surface area (Å²) in [5.41, 5.74) is 0. The van der Waals surface area contributed by atoms with Crippen molar-refractivity contribution in [2.75, 3.05) is 13.2 Å². The van der Waals surface area contributed by atoms with E-state index in [1.807, 2.05) is 6.08 Å². The van der Waals surface area contributed by atoms with Crippen LogP contribution in [0.25, 0.3) is 0 Å². The number of carbonyl (C=O) groups excluding carboxylic acids is 2. The van der Waals surface area contributed by atoms with Gasteiger partial charge in [-0.25, -0.2) is 0 Å². The number of hydrogen-bond donors (Lipinski definition) is 3. The highest BCUT2D eigenvalue weighted by molar-refractivity contribution is 5.76. The molecule has 0 aromatic carbocycles. The molecule has 0 spiro atoms. The van der Waals surface area contributed by atoms with Crippen LogP contribution < -0.4 is 5.32 Å². The molecule has 0 saturated carbocycles. The predicted molar refractivity (Wildman–Crippen MR) is 287 cm³/mol. The predicted octanol–water partition coefficient (Wildman–Crippen LogP) is 18.0. The maximum Gasteiger partial charge on any atom is 0.305 e. The van der Waals surface area contributed by atoms with Gasteiger partial charge in [0.2, 0.25) is 5.91 Å². The van der Waals surface area contributed by atoms with Crippen LogP contribution in [-0.2, 0) is 14.3 Å². The number of nitrogens with one attached hydrogen (secondary N) is 1. The second kappa shape index (κ2) is 55.7. The Labute approximate surface area is 411 Å². The first-order valence-corrected chi connectivity index (χ1v) is 29.3. The zero-order valence-corrected chi connectivity index (χ0v) is 44.2. The van der Waals surface area contributed by atoms with E-state index in [0.717, 1.165) is 51.4 Å². The van der Waals surface area contributed by atoms with Crippen LogP contribution in [0.5, 0.6) is 0 Å². The lowest BCUT2D eigenvalue weighted by Crippen LogP contribution is -2.45. The Morgan fingerprint density at radius 1 is 0.424 bits per heavy atom. The van der Waals surface area contributed by atoms with E-state index in [2.05, 4.69) is 43.5 Å². The molecule has 0 fully saturated rings. The lowest BCUT2D eigenvalue weighted by atomic mass is 10.0. The molecule has 3 N–H and O–H groups in total. The van der Waals surface area contributed by atoms with Crippen molar-refractivity contribution in [1.82, 2.24) is 5.32 Å². The molecule has 388 valence electrons. The number of hydrogen-bond acceptors (Lipinski definition) is 5. The summed E-state index contributed by atoms with van der Waals surface area (Å²) in [5, 5.41) is 23.0. The van der Waals surface area contributed by atoms with Gasteiger partial charge in [0.25, 0.3) is 0 Å². The van der Waals surface area contributed by atoms with Crippen LogP contribution >= 0.6 is 0 Å². The largest absolute Gasteiger partial charge is 0.466 e. The van der Waals surface area contributed by atoms with Gasteiger partial charge in [-0.1, -0.05) is 269 Å². The Kier molecular flexibility index (Phi) is 54.1. The van der Waals surface area contributed by atoms with E-state index in [-0.39, 0.29) is 18.5 Å². The molecule has 0 heterocycles. The monoisotopic (exact) mass is 928 g/mol. The molecule has 1 amide bonds. The van der Waals surface area contributed by atoms with E-state index in [1.54, 1.807) is 6.08 Å². The van der Waals surface area contributed by atoms with Crippen molar-refractivity contribution in [2.45, 2.75) is 321 Å². The number of amides is 1. The summed E-state index contributed by atoms with van der Waals surface area (Å²) in [6.45, 7) is 4.86. The Bertz CT molecular complexity index is 1070. The van der Waals surface area contributed by atoms with Crippen LogP contribution in [0, 0.1) is 0 Å². The average molecular weight is 929 g/mol. The first kappa shape index (κ1) is 64.1. The summed E-state index contributed by atoms with van der Waals surface area (Å²) >= 11 is 0. The summed E-state index contributed by atoms with van der Waals surface area (Å²) in [7, 11) is 0. The third kappa shape index (κ3) is 51.5. The molecule has 6 heteroatoms. The van der Waals surface area contributed by atoms with E-state index >= 15 is 0 Å². The van der Waals surface area contributed by atoms with Crippen LogP contribution in [0.3, 0.4) is 0 Å². The Hall–Kier alpha value is -1.92. The van der Waals surface area contributed by atoms with E-state index in [0.29, 0.717) is 19.4 Å². The number of unbranched alkanes of at least 4 members (excludes halogenated alkanes) is 39. The molecule has 2 unspecified atom stereocenters. The zero-order valence-electron chi connectivity index (χ0n) is 44.2. The summed E-state index contributed by atoms with van der Waals surface area (Å²) < 4.78 is 5.48. The Morgan fingerprint density at radius 3 is 1.18 bits per heavy atom. The van der Waals surface area contributed by atoms with Gasteiger partial charge in [0, 0.05) is 12.8 Å². The fraction of sp³-hybridized carbons (Fsp3) is 0.867. The molecule has 0 aromatic heterocycles. The summed E-state index contributed by atoms with van der Waals surface area (Å²) in [6.07, 6.45) is 68.9. The topological polar surface area (TPSA) is 95.9 Å². The number of esters is 1. The van der Waals surface area contributed by atoms with Gasteiger partial charge in [0.15, 0.2) is 0 Å². The molecule has 0 aliphatic carbocycles. The van der Waals surface area contributed by atoms with Crippen molar-refractivity contribution in [3.05, 3.63) is 36.5 Å². The summed E-state index contributed by atoms with van der Waals surface area (Å²) in [5.74, 6) is -0.0682. The SMILES string of the molecule is CCCCC/C=C\C/C=C\CCCCCCCC(=O)OCCCCCCCCCCCCCCCCCCCCCCCCCCC(=O)NC(CO)C(O)/C=C/CCCCCCCCCC. The summed E-state index contributed by atoms with van der Waals surface area (Å²) in [4.78, 5) is 24.4. The van der Waals surface area contributed by atoms with Gasteiger partial charge in [0.1, 0.15) is 0 Å². The van der Waals surface area contributed by atoms with E-state index in [9.17, 15) is 19.8 Å². The number of carbonyl (C=O) groups is 2. The minimum absolute atomic E-state index is 0.000568. The number of aliphatic hydroxyl groups is 2. The van der Waals surface area contributed by atoms with Gasteiger partial charge in [-0.05, 0) is 64.2 Å². The smallest absolute Gasteiger partial charge is 0.305 e. The highest BCUT2D eigenvalue weighted by Crippen LogP contribution is 2.17. The Balaban J connectivity index is 3.36.